The Kier molecular flexibility index (Phi) is 6.34. The lowest BCUT2D eigenvalue weighted by Gasteiger charge is -2.26. The Balaban J connectivity index is 1.23. The average Bonchev–Trinajstić information content (AvgIpc) is 3.29. The summed E-state index contributed by atoms with van der Waals surface area (Å²) in [6.07, 6.45) is 1.74. The third-order valence-electron chi connectivity index (χ3n) is 5.66. The van der Waals surface area contributed by atoms with E-state index in [-0.39, 0.29) is 18.0 Å². The smallest absolute Gasteiger partial charge is 0.338 e. The molecule has 178 valence electrons. The zero-order chi connectivity index (χ0) is 24.2. The van der Waals surface area contributed by atoms with Gasteiger partial charge in [-0.05, 0) is 55.0 Å². The van der Waals surface area contributed by atoms with Crippen LogP contribution in [0.4, 0.5) is 0 Å². The number of amides is 1. The summed E-state index contributed by atoms with van der Waals surface area (Å²) >= 11 is 0. The van der Waals surface area contributed by atoms with Gasteiger partial charge in [0.15, 0.2) is 17.6 Å². The molecule has 1 aromatic heterocycles. The number of fused-ring (bicyclic) bond motifs is 2. The number of hydrogen-bond donors (Lipinski definition) is 1. The Morgan fingerprint density at radius 1 is 1.06 bits per heavy atom. The Morgan fingerprint density at radius 3 is 2.77 bits per heavy atom. The first-order chi connectivity index (χ1) is 17.1. The van der Waals surface area contributed by atoms with Crippen LogP contribution in [0.5, 0.6) is 11.5 Å². The van der Waals surface area contributed by atoms with E-state index in [1.54, 1.807) is 31.2 Å². The molecule has 3 aromatic carbocycles. The number of aromatic nitrogens is 2. The number of esters is 1. The summed E-state index contributed by atoms with van der Waals surface area (Å²) < 4.78 is 18.7. The highest BCUT2D eigenvalue weighted by Crippen LogP contribution is 2.31. The molecule has 8 nitrogen and oxygen atoms in total. The molecule has 1 atom stereocenters. The lowest BCUT2D eigenvalue weighted by Crippen LogP contribution is -2.33. The molecule has 4 aromatic rings. The first-order valence-electron chi connectivity index (χ1n) is 11.5. The van der Waals surface area contributed by atoms with E-state index in [1.807, 2.05) is 53.3 Å². The van der Waals surface area contributed by atoms with Crippen LogP contribution < -0.4 is 14.8 Å². The molecule has 2 heterocycles. The van der Waals surface area contributed by atoms with Crippen LogP contribution in [-0.2, 0) is 17.8 Å². The minimum atomic E-state index is -0.377. The lowest BCUT2D eigenvalue weighted by molar-refractivity contribution is 0.0526. The molecule has 1 aliphatic rings. The van der Waals surface area contributed by atoms with Gasteiger partial charge in [0.2, 0.25) is 0 Å². The van der Waals surface area contributed by atoms with Crippen molar-refractivity contribution in [2.45, 2.75) is 26.1 Å². The summed E-state index contributed by atoms with van der Waals surface area (Å²) in [5.74, 6) is 0.893. The highest BCUT2D eigenvalue weighted by atomic mass is 16.6. The van der Waals surface area contributed by atoms with Crippen molar-refractivity contribution in [2.24, 2.45) is 0 Å². The third-order valence-corrected chi connectivity index (χ3v) is 5.66. The fourth-order valence-corrected chi connectivity index (χ4v) is 3.98. The Hall–Kier alpha value is -4.33. The van der Waals surface area contributed by atoms with Gasteiger partial charge in [-0.15, -0.1) is 0 Å². The maximum atomic E-state index is 12.8. The van der Waals surface area contributed by atoms with Gasteiger partial charge in [-0.3, -0.25) is 9.48 Å². The lowest BCUT2D eigenvalue weighted by atomic mass is 10.1. The van der Waals surface area contributed by atoms with Gasteiger partial charge in [0.25, 0.3) is 5.91 Å². The van der Waals surface area contributed by atoms with Crippen LogP contribution in [-0.4, -0.2) is 41.0 Å². The molecule has 0 spiro atoms. The molecule has 1 amide bonds. The second-order valence-electron chi connectivity index (χ2n) is 8.23. The Bertz CT molecular complexity index is 1380. The molecular formula is C27H25N3O5. The van der Waals surface area contributed by atoms with Crippen molar-refractivity contribution in [3.05, 3.63) is 89.6 Å². The molecule has 1 aliphatic heterocycles. The van der Waals surface area contributed by atoms with Crippen molar-refractivity contribution >= 4 is 22.8 Å². The van der Waals surface area contributed by atoms with Crippen molar-refractivity contribution in [1.29, 1.82) is 0 Å². The molecule has 0 saturated heterocycles. The van der Waals surface area contributed by atoms with Gasteiger partial charge in [-0.25, -0.2) is 4.79 Å². The van der Waals surface area contributed by atoms with Gasteiger partial charge < -0.3 is 19.5 Å². The zero-order valence-corrected chi connectivity index (χ0v) is 19.3. The monoisotopic (exact) mass is 471 g/mol. The van der Waals surface area contributed by atoms with Crippen LogP contribution in [0.25, 0.3) is 10.9 Å². The quantitative estimate of drug-likeness (QED) is 0.410. The van der Waals surface area contributed by atoms with Crippen molar-refractivity contribution < 1.29 is 23.8 Å². The van der Waals surface area contributed by atoms with Gasteiger partial charge >= 0.3 is 5.97 Å². The molecule has 5 rings (SSSR count). The van der Waals surface area contributed by atoms with E-state index in [0.717, 1.165) is 28.0 Å². The highest BCUT2D eigenvalue weighted by Gasteiger charge is 2.21. The van der Waals surface area contributed by atoms with Gasteiger partial charge in [0.1, 0.15) is 6.61 Å². The van der Waals surface area contributed by atoms with Crippen LogP contribution in [0.15, 0.2) is 72.9 Å². The van der Waals surface area contributed by atoms with Crippen LogP contribution in [0.3, 0.4) is 0 Å². The number of nitrogens with zero attached hydrogens (tertiary/aromatic N) is 2. The minimum absolute atomic E-state index is 0.160. The molecule has 1 unspecified atom stereocenters. The molecule has 8 heteroatoms. The van der Waals surface area contributed by atoms with Crippen molar-refractivity contribution in [1.82, 2.24) is 15.1 Å². The zero-order valence-electron chi connectivity index (χ0n) is 19.3. The van der Waals surface area contributed by atoms with Crippen molar-refractivity contribution in [2.75, 3.05) is 13.2 Å². The number of ether oxygens (including phenoxy) is 3. The SMILES string of the molecule is CCOC(=O)c1cccc(CNC(=O)c2ccc3nn(CC4COc5ccccc5O4)cc3c2)c1. The first kappa shape index (κ1) is 22.5. The Morgan fingerprint density at radius 2 is 1.91 bits per heavy atom. The van der Waals surface area contributed by atoms with Crippen LogP contribution >= 0.6 is 0 Å². The molecule has 0 radical (unpaired) electrons. The second kappa shape index (κ2) is 9.89. The van der Waals surface area contributed by atoms with Gasteiger partial charge in [-0.2, -0.15) is 5.10 Å². The summed E-state index contributed by atoms with van der Waals surface area (Å²) in [4.78, 5) is 24.7. The summed E-state index contributed by atoms with van der Waals surface area (Å²) in [7, 11) is 0. The van der Waals surface area contributed by atoms with Gasteiger partial charge in [0, 0.05) is 23.7 Å². The van der Waals surface area contributed by atoms with Crippen molar-refractivity contribution in [3.8, 4) is 11.5 Å². The summed E-state index contributed by atoms with van der Waals surface area (Å²) in [5.41, 5.74) is 2.60. The summed E-state index contributed by atoms with van der Waals surface area (Å²) in [5, 5.41) is 8.37. The first-order valence-corrected chi connectivity index (χ1v) is 11.5. The molecule has 35 heavy (non-hydrogen) atoms. The molecule has 0 fully saturated rings. The largest absolute Gasteiger partial charge is 0.486 e. The molecular weight excluding hydrogens is 446 g/mol. The van der Waals surface area contributed by atoms with E-state index >= 15 is 0 Å². The van der Waals surface area contributed by atoms with Crippen molar-refractivity contribution in [3.63, 3.8) is 0 Å². The molecule has 0 saturated carbocycles. The normalized spacial score (nSPS) is 14.5. The van der Waals surface area contributed by atoms with Crippen LogP contribution in [0.1, 0.15) is 33.2 Å². The fraction of sp³-hybridized carbons (Fsp3) is 0.222. The minimum Gasteiger partial charge on any atom is -0.486 e. The number of benzene rings is 3. The van der Waals surface area contributed by atoms with E-state index in [4.69, 9.17) is 14.2 Å². The number of carbonyl (C=O) groups is 2. The fourth-order valence-electron chi connectivity index (χ4n) is 3.98. The maximum absolute atomic E-state index is 12.8. The summed E-state index contributed by atoms with van der Waals surface area (Å²) in [6.45, 7) is 3.34. The van der Waals surface area contributed by atoms with E-state index in [0.29, 0.717) is 37.4 Å². The second-order valence-corrected chi connectivity index (χ2v) is 8.23. The van der Waals surface area contributed by atoms with E-state index in [1.165, 1.54) is 0 Å². The van der Waals surface area contributed by atoms with E-state index in [2.05, 4.69) is 10.4 Å². The van der Waals surface area contributed by atoms with Gasteiger partial charge in [0.05, 0.1) is 24.2 Å². The predicted octanol–water partition coefficient (Wildman–Crippen LogP) is 3.98. The van der Waals surface area contributed by atoms with E-state index in [9.17, 15) is 9.59 Å². The number of nitrogens with one attached hydrogen (secondary N) is 1. The number of rotatable bonds is 7. The standard InChI is InChI=1S/C27H25N3O5/c1-2-33-27(32)20-7-5-6-18(12-20)14-28-26(31)19-10-11-23-21(13-19)15-30(29-23)16-22-17-34-24-8-3-4-9-25(24)35-22/h3-13,15,22H,2,14,16-17H2,1H3,(H,28,31). The van der Waals surface area contributed by atoms with Crippen LogP contribution in [0, 0.1) is 0 Å². The number of carbonyl (C=O) groups excluding carboxylic acids is 2. The predicted molar refractivity (Wildman–Crippen MR) is 130 cm³/mol. The third kappa shape index (κ3) is 5.11. The topological polar surface area (TPSA) is 91.7 Å². The number of hydrogen-bond acceptors (Lipinski definition) is 6. The molecule has 0 bridgehead atoms. The Labute approximate surface area is 202 Å². The molecule has 0 aliphatic carbocycles. The average molecular weight is 472 g/mol. The van der Waals surface area contributed by atoms with Crippen LogP contribution in [0.2, 0.25) is 0 Å². The highest BCUT2D eigenvalue weighted by molar-refractivity contribution is 5.97. The van der Waals surface area contributed by atoms with Gasteiger partial charge in [-0.1, -0.05) is 24.3 Å². The number of para-hydroxylation sites is 2. The summed E-state index contributed by atoms with van der Waals surface area (Å²) in [6, 6.07) is 20.0. The molecule has 1 N–H and O–H groups in total. The van der Waals surface area contributed by atoms with E-state index < -0.39 is 0 Å². The maximum Gasteiger partial charge on any atom is 0.338 e.